The highest BCUT2D eigenvalue weighted by molar-refractivity contribution is 5.92. The minimum atomic E-state index is -0.617. The Bertz CT molecular complexity index is 1220. The van der Waals surface area contributed by atoms with Crippen LogP contribution in [0.15, 0.2) is 55.1 Å². The van der Waals surface area contributed by atoms with E-state index < -0.39 is 18.0 Å². The normalized spacial score (nSPS) is 15.2. The second-order valence-electron chi connectivity index (χ2n) is 7.84. The van der Waals surface area contributed by atoms with Crippen LogP contribution in [0.1, 0.15) is 23.1 Å². The Labute approximate surface area is 195 Å². The maximum Gasteiger partial charge on any atom is 0.414 e. The third-order valence-electron chi connectivity index (χ3n) is 5.25. The number of carbonyl (C=O) groups is 3. The molecule has 3 amide bonds. The highest BCUT2D eigenvalue weighted by Crippen LogP contribution is 2.25. The number of pyridine rings is 1. The van der Waals surface area contributed by atoms with Crippen LogP contribution < -0.4 is 10.2 Å². The standard InChI is InChI=1S/C23H23FN6O4/c1-15(31)26-10-18-12-30(23(33)34-18)17-6-7-21(19(24)9-17)29-13-20(27-14-29)22(32)28(2)11-16-5-3-4-8-25-16/h3-9,13-14,18H,10-12H2,1-2H3,(H,26,31)/t18-/m0/s1. The summed E-state index contributed by atoms with van der Waals surface area (Å²) in [4.78, 5) is 47.1. The van der Waals surface area contributed by atoms with Crippen molar-refractivity contribution in [1.82, 2.24) is 24.8 Å². The van der Waals surface area contributed by atoms with Crippen molar-refractivity contribution >= 4 is 23.6 Å². The van der Waals surface area contributed by atoms with Gasteiger partial charge in [0, 0.05) is 26.4 Å². The quantitative estimate of drug-likeness (QED) is 0.571. The summed E-state index contributed by atoms with van der Waals surface area (Å²) >= 11 is 0. The molecule has 0 bridgehead atoms. The molecule has 1 fully saturated rings. The van der Waals surface area contributed by atoms with Gasteiger partial charge in [-0.05, 0) is 30.3 Å². The molecule has 2 aromatic heterocycles. The Morgan fingerprint density at radius 3 is 2.79 bits per heavy atom. The molecule has 4 rings (SSSR count). The first kappa shape index (κ1) is 22.9. The lowest BCUT2D eigenvalue weighted by molar-refractivity contribution is -0.119. The number of anilines is 1. The fourth-order valence-electron chi connectivity index (χ4n) is 3.54. The van der Waals surface area contributed by atoms with Crippen LogP contribution in [0.5, 0.6) is 0 Å². The molecule has 176 valence electrons. The van der Waals surface area contributed by atoms with Gasteiger partial charge in [-0.3, -0.25) is 19.5 Å². The van der Waals surface area contributed by atoms with Gasteiger partial charge in [0.25, 0.3) is 5.91 Å². The van der Waals surface area contributed by atoms with Crippen molar-refractivity contribution in [3.8, 4) is 5.69 Å². The zero-order chi connectivity index (χ0) is 24.2. The monoisotopic (exact) mass is 466 g/mol. The second-order valence-corrected chi connectivity index (χ2v) is 7.84. The Balaban J connectivity index is 1.45. The van der Waals surface area contributed by atoms with E-state index in [-0.39, 0.29) is 36.3 Å². The fraction of sp³-hybridized carbons (Fsp3) is 0.261. The molecule has 34 heavy (non-hydrogen) atoms. The van der Waals surface area contributed by atoms with E-state index in [4.69, 9.17) is 4.74 Å². The van der Waals surface area contributed by atoms with Gasteiger partial charge < -0.3 is 19.5 Å². The van der Waals surface area contributed by atoms with Gasteiger partial charge in [0.1, 0.15) is 23.9 Å². The number of amides is 3. The number of hydrogen-bond donors (Lipinski definition) is 1. The van der Waals surface area contributed by atoms with Gasteiger partial charge in [-0.1, -0.05) is 6.07 Å². The van der Waals surface area contributed by atoms with Crippen molar-refractivity contribution in [3.05, 3.63) is 72.3 Å². The zero-order valence-electron chi connectivity index (χ0n) is 18.6. The molecule has 10 nitrogen and oxygen atoms in total. The summed E-state index contributed by atoms with van der Waals surface area (Å²) in [5, 5.41) is 2.59. The third kappa shape index (κ3) is 5.03. The predicted molar refractivity (Wildman–Crippen MR) is 120 cm³/mol. The maximum atomic E-state index is 14.9. The van der Waals surface area contributed by atoms with Crippen LogP contribution in [0.25, 0.3) is 5.69 Å². The van der Waals surface area contributed by atoms with E-state index in [1.807, 2.05) is 12.1 Å². The number of halogens is 1. The van der Waals surface area contributed by atoms with E-state index in [0.29, 0.717) is 12.2 Å². The van der Waals surface area contributed by atoms with E-state index in [2.05, 4.69) is 15.3 Å². The lowest BCUT2D eigenvalue weighted by atomic mass is 10.2. The molecule has 0 spiro atoms. The minimum absolute atomic E-state index is 0.158. The molecular weight excluding hydrogens is 443 g/mol. The van der Waals surface area contributed by atoms with E-state index in [0.717, 1.165) is 5.69 Å². The van der Waals surface area contributed by atoms with Gasteiger partial charge in [0.2, 0.25) is 5.91 Å². The molecular formula is C23H23FN6O4. The van der Waals surface area contributed by atoms with Gasteiger partial charge in [0.05, 0.1) is 36.7 Å². The first-order chi connectivity index (χ1) is 16.3. The van der Waals surface area contributed by atoms with Crippen molar-refractivity contribution in [2.45, 2.75) is 19.6 Å². The summed E-state index contributed by atoms with van der Waals surface area (Å²) in [6.07, 6.45) is 3.31. The van der Waals surface area contributed by atoms with E-state index in [1.54, 1.807) is 25.4 Å². The Morgan fingerprint density at radius 2 is 2.09 bits per heavy atom. The number of ether oxygens (including phenoxy) is 1. The van der Waals surface area contributed by atoms with Crippen LogP contribution in [-0.2, 0) is 16.1 Å². The lowest BCUT2D eigenvalue weighted by Crippen LogP contribution is -2.33. The largest absolute Gasteiger partial charge is 0.442 e. The molecule has 0 radical (unpaired) electrons. The number of benzene rings is 1. The molecule has 11 heteroatoms. The molecule has 0 unspecified atom stereocenters. The minimum Gasteiger partial charge on any atom is -0.442 e. The maximum absolute atomic E-state index is 14.9. The van der Waals surface area contributed by atoms with Gasteiger partial charge >= 0.3 is 6.09 Å². The summed E-state index contributed by atoms with van der Waals surface area (Å²) in [5.41, 5.74) is 1.39. The smallest absolute Gasteiger partial charge is 0.414 e. The number of aromatic nitrogens is 3. The molecule has 1 aromatic carbocycles. The SMILES string of the molecule is CC(=O)NC[C@H]1CN(c2ccc(-n3cnc(C(=O)N(C)Cc4ccccn4)c3)c(F)c2)C(=O)O1. The molecule has 0 aliphatic carbocycles. The van der Waals surface area contributed by atoms with E-state index in [9.17, 15) is 18.8 Å². The molecule has 1 atom stereocenters. The summed E-state index contributed by atoms with van der Waals surface area (Å²) in [6, 6.07) is 9.74. The molecule has 1 aliphatic heterocycles. The van der Waals surface area contributed by atoms with Crippen LogP contribution in [0.3, 0.4) is 0 Å². The summed E-state index contributed by atoms with van der Waals surface area (Å²) in [6.45, 7) is 2.05. The van der Waals surface area contributed by atoms with Crippen LogP contribution in [0.2, 0.25) is 0 Å². The lowest BCUT2D eigenvalue weighted by Gasteiger charge is -2.15. The molecule has 3 heterocycles. The summed E-state index contributed by atoms with van der Waals surface area (Å²) in [7, 11) is 1.64. The molecule has 1 saturated heterocycles. The average molecular weight is 466 g/mol. The Hall–Kier alpha value is -4.28. The fourth-order valence-corrected chi connectivity index (χ4v) is 3.54. The van der Waals surface area contributed by atoms with Crippen molar-refractivity contribution in [3.63, 3.8) is 0 Å². The number of hydrogen-bond acceptors (Lipinski definition) is 6. The number of rotatable bonds is 7. The van der Waals surface area contributed by atoms with Crippen molar-refractivity contribution < 1.29 is 23.5 Å². The highest BCUT2D eigenvalue weighted by Gasteiger charge is 2.32. The number of nitrogens with one attached hydrogen (secondary N) is 1. The van der Waals surface area contributed by atoms with Crippen LogP contribution >= 0.6 is 0 Å². The van der Waals surface area contributed by atoms with E-state index in [1.165, 1.54) is 45.9 Å². The van der Waals surface area contributed by atoms with Crippen LogP contribution in [0.4, 0.5) is 14.9 Å². The van der Waals surface area contributed by atoms with Gasteiger partial charge in [0.15, 0.2) is 0 Å². The van der Waals surface area contributed by atoms with Crippen LogP contribution in [-0.4, -0.2) is 63.6 Å². The van der Waals surface area contributed by atoms with Gasteiger partial charge in [-0.15, -0.1) is 0 Å². The molecule has 3 aromatic rings. The Kier molecular flexibility index (Phi) is 6.53. The third-order valence-corrected chi connectivity index (χ3v) is 5.25. The molecule has 1 aliphatic rings. The number of cyclic esters (lactones) is 1. The topological polar surface area (TPSA) is 110 Å². The summed E-state index contributed by atoms with van der Waals surface area (Å²) in [5.74, 6) is -1.16. The first-order valence-corrected chi connectivity index (χ1v) is 10.5. The summed E-state index contributed by atoms with van der Waals surface area (Å²) < 4.78 is 21.6. The zero-order valence-corrected chi connectivity index (χ0v) is 18.6. The molecule has 0 saturated carbocycles. The van der Waals surface area contributed by atoms with Crippen LogP contribution in [0, 0.1) is 5.82 Å². The number of nitrogens with zero attached hydrogens (tertiary/aromatic N) is 5. The Morgan fingerprint density at radius 1 is 1.26 bits per heavy atom. The van der Waals surface area contributed by atoms with Crippen molar-refractivity contribution in [2.75, 3.05) is 25.0 Å². The number of carbonyl (C=O) groups excluding carboxylic acids is 3. The van der Waals surface area contributed by atoms with Crippen molar-refractivity contribution in [2.24, 2.45) is 0 Å². The first-order valence-electron chi connectivity index (χ1n) is 10.5. The van der Waals surface area contributed by atoms with Gasteiger partial charge in [-0.2, -0.15) is 0 Å². The van der Waals surface area contributed by atoms with E-state index >= 15 is 0 Å². The van der Waals surface area contributed by atoms with Crippen molar-refractivity contribution in [1.29, 1.82) is 0 Å². The number of imidazole rings is 1. The van der Waals surface area contributed by atoms with Gasteiger partial charge in [-0.25, -0.2) is 14.2 Å². The second kappa shape index (κ2) is 9.69. The molecule has 1 N–H and O–H groups in total. The average Bonchev–Trinajstić information content (AvgIpc) is 3.44. The predicted octanol–water partition coefficient (Wildman–Crippen LogP) is 2.14. The highest BCUT2D eigenvalue weighted by atomic mass is 19.1.